The van der Waals surface area contributed by atoms with Gasteiger partial charge in [-0.2, -0.15) is 0 Å². The minimum Gasteiger partial charge on any atom is -0.314 e. The Bertz CT molecular complexity index is 334. The first-order chi connectivity index (χ1) is 7.54. The zero-order valence-corrected chi connectivity index (χ0v) is 10.7. The lowest BCUT2D eigenvalue weighted by atomic mass is 9.94. The number of hydrogen-bond donors (Lipinski definition) is 1. The highest BCUT2D eigenvalue weighted by atomic mass is 19.1. The van der Waals surface area contributed by atoms with E-state index in [1.165, 1.54) is 11.6 Å². The molecule has 0 radical (unpaired) electrons. The van der Waals surface area contributed by atoms with Crippen LogP contribution < -0.4 is 5.32 Å². The van der Waals surface area contributed by atoms with Crippen LogP contribution in [0.4, 0.5) is 4.39 Å². The van der Waals surface area contributed by atoms with Crippen LogP contribution in [0.2, 0.25) is 0 Å². The van der Waals surface area contributed by atoms with Crippen molar-refractivity contribution in [3.05, 3.63) is 35.1 Å². The van der Waals surface area contributed by atoms with Crippen molar-refractivity contribution in [1.29, 1.82) is 0 Å². The maximum Gasteiger partial charge on any atom is 0.123 e. The zero-order valence-electron chi connectivity index (χ0n) is 10.7. The van der Waals surface area contributed by atoms with Gasteiger partial charge in [0.25, 0.3) is 0 Å². The third-order valence-electron chi connectivity index (χ3n) is 3.02. The van der Waals surface area contributed by atoms with Crippen LogP contribution in [-0.4, -0.2) is 12.6 Å². The van der Waals surface area contributed by atoms with Crippen molar-refractivity contribution in [3.8, 4) is 0 Å². The first-order valence-electron chi connectivity index (χ1n) is 6.03. The number of likely N-dealkylation sites (N-methyl/N-ethyl adjacent to an activating group) is 1. The topological polar surface area (TPSA) is 12.0 Å². The third-order valence-corrected chi connectivity index (χ3v) is 3.02. The first kappa shape index (κ1) is 13.2. The molecule has 90 valence electrons. The number of rotatable bonds is 5. The molecule has 0 heterocycles. The molecule has 0 amide bonds. The largest absolute Gasteiger partial charge is 0.314 e. The van der Waals surface area contributed by atoms with Gasteiger partial charge in [-0.3, -0.25) is 0 Å². The van der Waals surface area contributed by atoms with E-state index in [0.717, 1.165) is 18.5 Å². The average Bonchev–Trinajstić information content (AvgIpc) is 2.22. The summed E-state index contributed by atoms with van der Waals surface area (Å²) in [6.45, 7) is 9.49. The van der Waals surface area contributed by atoms with E-state index in [2.05, 4.69) is 26.1 Å². The zero-order chi connectivity index (χ0) is 12.1. The molecule has 0 fully saturated rings. The molecule has 0 aromatic heterocycles. The van der Waals surface area contributed by atoms with Crippen molar-refractivity contribution in [2.24, 2.45) is 5.92 Å². The van der Waals surface area contributed by atoms with Crippen molar-refractivity contribution in [2.75, 3.05) is 6.54 Å². The summed E-state index contributed by atoms with van der Waals surface area (Å²) in [5.74, 6) is 0.419. The molecular weight excluding hydrogens is 201 g/mol. The van der Waals surface area contributed by atoms with Gasteiger partial charge in [-0.25, -0.2) is 4.39 Å². The van der Waals surface area contributed by atoms with Crippen LogP contribution in [0.3, 0.4) is 0 Å². The number of benzene rings is 1. The molecular formula is C14H22FN. The van der Waals surface area contributed by atoms with Gasteiger partial charge in [0.15, 0.2) is 0 Å². The Kier molecular flexibility index (Phi) is 4.94. The van der Waals surface area contributed by atoms with Crippen LogP contribution in [-0.2, 0) is 6.42 Å². The molecule has 0 spiro atoms. The molecule has 0 aliphatic heterocycles. The van der Waals surface area contributed by atoms with E-state index in [4.69, 9.17) is 0 Å². The minimum atomic E-state index is -0.139. The summed E-state index contributed by atoms with van der Waals surface area (Å²) >= 11 is 0. The second-order valence-corrected chi connectivity index (χ2v) is 4.68. The van der Waals surface area contributed by atoms with Crippen LogP contribution in [0.5, 0.6) is 0 Å². The summed E-state index contributed by atoms with van der Waals surface area (Å²) in [6.07, 6.45) is 0.898. The van der Waals surface area contributed by atoms with Crippen molar-refractivity contribution in [2.45, 2.75) is 40.2 Å². The van der Waals surface area contributed by atoms with Gasteiger partial charge in [-0.05, 0) is 49.1 Å². The van der Waals surface area contributed by atoms with Gasteiger partial charge in [0.2, 0.25) is 0 Å². The Morgan fingerprint density at radius 3 is 2.56 bits per heavy atom. The van der Waals surface area contributed by atoms with Gasteiger partial charge in [-0.15, -0.1) is 0 Å². The average molecular weight is 223 g/mol. The lowest BCUT2D eigenvalue weighted by Crippen LogP contribution is -2.35. The molecule has 0 bridgehead atoms. The summed E-state index contributed by atoms with van der Waals surface area (Å²) in [5.41, 5.74) is 2.28. The van der Waals surface area contributed by atoms with Crippen molar-refractivity contribution < 1.29 is 4.39 Å². The highest BCUT2D eigenvalue weighted by molar-refractivity contribution is 5.27. The summed E-state index contributed by atoms with van der Waals surface area (Å²) < 4.78 is 13.2. The molecule has 1 unspecified atom stereocenters. The van der Waals surface area contributed by atoms with E-state index in [-0.39, 0.29) is 5.82 Å². The van der Waals surface area contributed by atoms with Crippen molar-refractivity contribution in [1.82, 2.24) is 5.32 Å². The van der Waals surface area contributed by atoms with Crippen LogP contribution in [0, 0.1) is 18.7 Å². The van der Waals surface area contributed by atoms with Gasteiger partial charge in [0.05, 0.1) is 0 Å². The lowest BCUT2D eigenvalue weighted by Gasteiger charge is -2.22. The maximum absolute atomic E-state index is 13.2. The molecule has 16 heavy (non-hydrogen) atoms. The standard InChI is InChI=1S/C14H22FN/c1-5-16-14(10(2)3)9-12-8-13(15)7-6-11(12)4/h6-8,10,14,16H,5,9H2,1-4H3. The highest BCUT2D eigenvalue weighted by Gasteiger charge is 2.14. The molecule has 1 atom stereocenters. The van der Waals surface area contributed by atoms with Crippen molar-refractivity contribution in [3.63, 3.8) is 0 Å². The van der Waals surface area contributed by atoms with Crippen LogP contribution in [0.1, 0.15) is 31.9 Å². The van der Waals surface area contributed by atoms with Gasteiger partial charge in [-0.1, -0.05) is 26.8 Å². The highest BCUT2D eigenvalue weighted by Crippen LogP contribution is 2.15. The quantitative estimate of drug-likeness (QED) is 0.807. The van der Waals surface area contributed by atoms with Crippen LogP contribution in [0.25, 0.3) is 0 Å². The monoisotopic (exact) mass is 223 g/mol. The van der Waals surface area contributed by atoms with E-state index < -0.39 is 0 Å². The predicted molar refractivity (Wildman–Crippen MR) is 67.1 cm³/mol. The molecule has 0 saturated carbocycles. The molecule has 1 nitrogen and oxygen atoms in total. The second-order valence-electron chi connectivity index (χ2n) is 4.68. The molecule has 1 rings (SSSR count). The minimum absolute atomic E-state index is 0.139. The smallest absolute Gasteiger partial charge is 0.123 e. The molecule has 1 aromatic rings. The Morgan fingerprint density at radius 1 is 1.31 bits per heavy atom. The summed E-state index contributed by atoms with van der Waals surface area (Å²) in [7, 11) is 0. The Hall–Kier alpha value is -0.890. The Balaban J connectivity index is 2.80. The fraction of sp³-hybridized carbons (Fsp3) is 0.571. The number of halogens is 1. The maximum atomic E-state index is 13.2. The normalized spacial score (nSPS) is 13.1. The number of aryl methyl sites for hydroxylation is 1. The predicted octanol–water partition coefficient (Wildman–Crippen LogP) is 3.31. The third kappa shape index (κ3) is 3.60. The lowest BCUT2D eigenvalue weighted by molar-refractivity contribution is 0.404. The van der Waals surface area contributed by atoms with Gasteiger partial charge in [0.1, 0.15) is 5.82 Å². The van der Waals surface area contributed by atoms with E-state index in [1.54, 1.807) is 6.07 Å². The van der Waals surface area contributed by atoms with E-state index in [1.807, 2.05) is 13.0 Å². The van der Waals surface area contributed by atoms with Crippen molar-refractivity contribution >= 4 is 0 Å². The number of hydrogen-bond acceptors (Lipinski definition) is 1. The summed E-state index contributed by atoms with van der Waals surface area (Å²) in [4.78, 5) is 0. The second kappa shape index (κ2) is 6.00. The fourth-order valence-corrected chi connectivity index (χ4v) is 1.90. The molecule has 2 heteroatoms. The fourth-order valence-electron chi connectivity index (χ4n) is 1.90. The van der Waals surface area contributed by atoms with Gasteiger partial charge < -0.3 is 5.32 Å². The van der Waals surface area contributed by atoms with Gasteiger partial charge in [0, 0.05) is 6.04 Å². The molecule has 1 aromatic carbocycles. The van der Waals surface area contributed by atoms with Gasteiger partial charge >= 0.3 is 0 Å². The SMILES string of the molecule is CCNC(Cc1cc(F)ccc1C)C(C)C. The van der Waals surface area contributed by atoms with E-state index >= 15 is 0 Å². The molecule has 0 saturated heterocycles. The molecule has 0 aliphatic rings. The van der Waals surface area contributed by atoms with E-state index in [0.29, 0.717) is 12.0 Å². The first-order valence-corrected chi connectivity index (χ1v) is 6.03. The summed E-state index contributed by atoms with van der Waals surface area (Å²) in [6, 6.07) is 5.46. The molecule has 1 N–H and O–H groups in total. The Labute approximate surface area is 98.1 Å². The summed E-state index contributed by atoms with van der Waals surface area (Å²) in [5, 5.41) is 3.45. The van der Waals surface area contributed by atoms with E-state index in [9.17, 15) is 4.39 Å². The Morgan fingerprint density at radius 2 is 2.00 bits per heavy atom. The van der Waals surface area contributed by atoms with Crippen LogP contribution >= 0.6 is 0 Å². The van der Waals surface area contributed by atoms with Crippen LogP contribution in [0.15, 0.2) is 18.2 Å². The molecule has 0 aliphatic carbocycles. The number of nitrogens with one attached hydrogen (secondary N) is 1.